The number of carbonyl (C=O) groups is 1. The number of pyridine rings is 1. The Balaban J connectivity index is 2.21. The summed E-state index contributed by atoms with van der Waals surface area (Å²) in [6.45, 7) is 0. The quantitative estimate of drug-likeness (QED) is 0.841. The van der Waals surface area contributed by atoms with E-state index in [1.54, 1.807) is 24.3 Å². The summed E-state index contributed by atoms with van der Waals surface area (Å²) in [4.78, 5) is 15.8. The number of nitrogens with zero attached hydrogens (tertiary/aromatic N) is 1. The lowest BCUT2D eigenvalue weighted by Gasteiger charge is -2.06. The third-order valence-corrected chi connectivity index (χ3v) is 2.95. The smallest absolute Gasteiger partial charge is 0.257 e. The summed E-state index contributed by atoms with van der Waals surface area (Å²) in [6, 6.07) is 7.91. The molecule has 2 rings (SSSR count). The molecular formula is C12H7Cl3N2O. The van der Waals surface area contributed by atoms with E-state index in [1.165, 1.54) is 12.3 Å². The third kappa shape index (κ3) is 3.13. The SMILES string of the molecule is O=C(Nc1ccc(Cl)nc1)c1cc(Cl)ccc1Cl. The number of anilines is 1. The fourth-order valence-electron chi connectivity index (χ4n) is 1.32. The van der Waals surface area contributed by atoms with E-state index in [2.05, 4.69) is 10.3 Å². The van der Waals surface area contributed by atoms with Gasteiger partial charge >= 0.3 is 0 Å². The van der Waals surface area contributed by atoms with Crippen molar-refractivity contribution in [2.75, 3.05) is 5.32 Å². The van der Waals surface area contributed by atoms with E-state index in [1.807, 2.05) is 0 Å². The zero-order valence-corrected chi connectivity index (χ0v) is 11.2. The van der Waals surface area contributed by atoms with Crippen LogP contribution in [0.5, 0.6) is 0 Å². The number of aromatic nitrogens is 1. The molecule has 0 bridgehead atoms. The second kappa shape index (κ2) is 5.57. The van der Waals surface area contributed by atoms with E-state index >= 15 is 0 Å². The fraction of sp³-hybridized carbons (Fsp3) is 0. The molecule has 1 aromatic heterocycles. The summed E-state index contributed by atoms with van der Waals surface area (Å²) >= 11 is 17.4. The summed E-state index contributed by atoms with van der Waals surface area (Å²) in [7, 11) is 0. The Hall–Kier alpha value is -1.29. The minimum Gasteiger partial charge on any atom is -0.321 e. The van der Waals surface area contributed by atoms with Crippen molar-refractivity contribution in [2.45, 2.75) is 0 Å². The molecule has 0 aliphatic rings. The maximum absolute atomic E-state index is 12.0. The Morgan fingerprint density at radius 3 is 2.56 bits per heavy atom. The van der Waals surface area contributed by atoms with Crippen molar-refractivity contribution in [3.05, 3.63) is 57.3 Å². The van der Waals surface area contributed by atoms with Gasteiger partial charge in [-0.15, -0.1) is 0 Å². The Morgan fingerprint density at radius 1 is 1.11 bits per heavy atom. The van der Waals surface area contributed by atoms with Gasteiger partial charge in [-0.2, -0.15) is 0 Å². The van der Waals surface area contributed by atoms with Gasteiger partial charge in [-0.3, -0.25) is 4.79 Å². The molecule has 0 unspecified atom stereocenters. The summed E-state index contributed by atoms with van der Waals surface area (Å²) in [6.07, 6.45) is 1.46. The molecule has 92 valence electrons. The monoisotopic (exact) mass is 300 g/mol. The fourth-order valence-corrected chi connectivity index (χ4v) is 1.81. The standard InChI is InChI=1S/C12H7Cl3N2O/c13-7-1-3-10(14)9(5-7)12(18)17-8-2-4-11(15)16-6-8/h1-6H,(H,17,18). The Kier molecular flexibility index (Phi) is 4.07. The van der Waals surface area contributed by atoms with Crippen LogP contribution < -0.4 is 5.32 Å². The van der Waals surface area contributed by atoms with E-state index in [0.29, 0.717) is 26.4 Å². The minimum absolute atomic E-state index is 0.305. The first kappa shape index (κ1) is 13.1. The number of hydrogen-bond donors (Lipinski definition) is 1. The van der Waals surface area contributed by atoms with Gasteiger partial charge in [-0.05, 0) is 30.3 Å². The predicted molar refractivity (Wildman–Crippen MR) is 73.7 cm³/mol. The van der Waals surface area contributed by atoms with Crippen molar-refractivity contribution in [3.8, 4) is 0 Å². The van der Waals surface area contributed by atoms with Crippen LogP contribution in [0.15, 0.2) is 36.5 Å². The van der Waals surface area contributed by atoms with E-state index in [9.17, 15) is 4.79 Å². The Labute approximate surface area is 119 Å². The number of rotatable bonds is 2. The van der Waals surface area contributed by atoms with Gasteiger partial charge in [0.15, 0.2) is 0 Å². The zero-order valence-electron chi connectivity index (χ0n) is 8.95. The van der Waals surface area contributed by atoms with Crippen LogP contribution in [-0.2, 0) is 0 Å². The van der Waals surface area contributed by atoms with Gasteiger partial charge in [-0.1, -0.05) is 34.8 Å². The second-order valence-corrected chi connectivity index (χ2v) is 4.68. The first-order chi connectivity index (χ1) is 8.56. The van der Waals surface area contributed by atoms with Gasteiger partial charge in [0, 0.05) is 5.02 Å². The molecule has 1 heterocycles. The van der Waals surface area contributed by atoms with E-state index in [0.717, 1.165) is 0 Å². The van der Waals surface area contributed by atoms with Crippen LogP contribution in [-0.4, -0.2) is 10.9 Å². The van der Waals surface area contributed by atoms with Crippen molar-refractivity contribution < 1.29 is 4.79 Å². The first-order valence-corrected chi connectivity index (χ1v) is 6.07. The number of halogens is 3. The van der Waals surface area contributed by atoms with Crippen LogP contribution in [0.3, 0.4) is 0 Å². The van der Waals surface area contributed by atoms with Crippen LogP contribution in [0, 0.1) is 0 Å². The second-order valence-electron chi connectivity index (χ2n) is 3.45. The van der Waals surface area contributed by atoms with Crippen LogP contribution in [0.2, 0.25) is 15.2 Å². The maximum Gasteiger partial charge on any atom is 0.257 e. The lowest BCUT2D eigenvalue weighted by Crippen LogP contribution is -2.12. The molecule has 1 aromatic carbocycles. The third-order valence-electron chi connectivity index (χ3n) is 2.16. The van der Waals surface area contributed by atoms with Crippen molar-refractivity contribution in [1.82, 2.24) is 4.98 Å². The largest absolute Gasteiger partial charge is 0.321 e. The predicted octanol–water partition coefficient (Wildman–Crippen LogP) is 4.29. The molecule has 18 heavy (non-hydrogen) atoms. The molecule has 1 N–H and O–H groups in total. The van der Waals surface area contributed by atoms with Crippen molar-refractivity contribution in [1.29, 1.82) is 0 Å². The first-order valence-electron chi connectivity index (χ1n) is 4.94. The summed E-state index contributed by atoms with van der Waals surface area (Å²) in [5.41, 5.74) is 0.833. The number of benzene rings is 1. The van der Waals surface area contributed by atoms with Gasteiger partial charge in [0.05, 0.1) is 22.5 Å². The molecule has 0 fully saturated rings. The molecule has 0 saturated carbocycles. The lowest BCUT2D eigenvalue weighted by molar-refractivity contribution is 0.102. The van der Waals surface area contributed by atoms with Crippen LogP contribution >= 0.6 is 34.8 Å². The Bertz CT molecular complexity index is 584. The van der Waals surface area contributed by atoms with Gasteiger partial charge in [-0.25, -0.2) is 4.98 Å². The molecule has 0 spiro atoms. The van der Waals surface area contributed by atoms with Crippen molar-refractivity contribution in [3.63, 3.8) is 0 Å². The normalized spacial score (nSPS) is 10.2. The molecule has 1 amide bonds. The highest BCUT2D eigenvalue weighted by molar-refractivity contribution is 6.36. The van der Waals surface area contributed by atoms with Gasteiger partial charge in [0.2, 0.25) is 0 Å². The van der Waals surface area contributed by atoms with Crippen molar-refractivity contribution in [2.24, 2.45) is 0 Å². The van der Waals surface area contributed by atoms with Crippen LogP contribution in [0.4, 0.5) is 5.69 Å². The van der Waals surface area contributed by atoms with E-state index in [-0.39, 0.29) is 5.91 Å². The molecular weight excluding hydrogens is 295 g/mol. The molecule has 3 nitrogen and oxygen atoms in total. The number of hydrogen-bond acceptors (Lipinski definition) is 2. The van der Waals surface area contributed by atoms with Crippen molar-refractivity contribution >= 4 is 46.4 Å². The topological polar surface area (TPSA) is 42.0 Å². The Morgan fingerprint density at radius 2 is 1.89 bits per heavy atom. The average Bonchev–Trinajstić information content (AvgIpc) is 2.35. The van der Waals surface area contributed by atoms with Gasteiger partial charge in [0.25, 0.3) is 5.91 Å². The minimum atomic E-state index is -0.355. The van der Waals surface area contributed by atoms with E-state index in [4.69, 9.17) is 34.8 Å². The molecule has 0 atom stereocenters. The number of carbonyl (C=O) groups excluding carboxylic acids is 1. The molecule has 2 aromatic rings. The highest BCUT2D eigenvalue weighted by atomic mass is 35.5. The van der Waals surface area contributed by atoms with Gasteiger partial charge < -0.3 is 5.32 Å². The summed E-state index contributed by atoms with van der Waals surface area (Å²) in [5, 5.41) is 3.78. The molecule has 0 aliphatic heterocycles. The highest BCUT2D eigenvalue weighted by Gasteiger charge is 2.11. The van der Waals surface area contributed by atoms with Crippen LogP contribution in [0.1, 0.15) is 10.4 Å². The summed E-state index contributed by atoms with van der Waals surface area (Å²) < 4.78 is 0. The molecule has 6 heteroatoms. The number of nitrogens with one attached hydrogen (secondary N) is 1. The van der Waals surface area contributed by atoms with Gasteiger partial charge in [0.1, 0.15) is 5.15 Å². The van der Waals surface area contributed by atoms with Crippen LogP contribution in [0.25, 0.3) is 0 Å². The van der Waals surface area contributed by atoms with E-state index < -0.39 is 0 Å². The lowest BCUT2D eigenvalue weighted by atomic mass is 10.2. The maximum atomic E-state index is 12.0. The summed E-state index contributed by atoms with van der Waals surface area (Å²) in [5.74, 6) is -0.355. The number of amides is 1. The zero-order chi connectivity index (χ0) is 13.1. The molecule has 0 aliphatic carbocycles. The highest BCUT2D eigenvalue weighted by Crippen LogP contribution is 2.21. The molecule has 0 saturated heterocycles. The average molecular weight is 302 g/mol. The molecule has 0 radical (unpaired) electrons.